The van der Waals surface area contributed by atoms with Crippen molar-refractivity contribution >= 4 is 21.4 Å². The lowest BCUT2D eigenvalue weighted by Gasteiger charge is -2.02. The molecule has 2 aromatic heterocycles. The van der Waals surface area contributed by atoms with Crippen molar-refractivity contribution in [3.05, 3.63) is 35.0 Å². The molecule has 0 aliphatic rings. The van der Waals surface area contributed by atoms with Gasteiger partial charge >= 0.3 is 0 Å². The van der Waals surface area contributed by atoms with E-state index in [-0.39, 0.29) is 17.4 Å². The Morgan fingerprint density at radius 3 is 2.83 bits per heavy atom. The molecule has 0 radical (unpaired) electrons. The summed E-state index contributed by atoms with van der Waals surface area (Å²) < 4.78 is 28.2. The molecule has 0 bridgehead atoms. The van der Waals surface area contributed by atoms with Gasteiger partial charge in [0.25, 0.3) is 0 Å². The molecule has 2 rings (SSSR count). The Labute approximate surface area is 109 Å². The second-order valence-corrected chi connectivity index (χ2v) is 6.89. The zero-order valence-corrected chi connectivity index (χ0v) is 11.3. The molecule has 0 aliphatic heterocycles. The van der Waals surface area contributed by atoms with Crippen molar-refractivity contribution in [3.63, 3.8) is 0 Å². The molecule has 2 aromatic rings. The lowest BCUT2D eigenvalue weighted by molar-refractivity contribution is 0.285. The highest BCUT2D eigenvalue weighted by atomic mass is 32.2. The van der Waals surface area contributed by atoms with Crippen molar-refractivity contribution in [2.45, 2.75) is 17.4 Å². The van der Waals surface area contributed by atoms with Gasteiger partial charge in [0.05, 0.1) is 12.8 Å². The summed E-state index contributed by atoms with van der Waals surface area (Å²) in [5, 5.41) is 12.9. The Bertz CT molecular complexity index is 630. The first-order valence-corrected chi connectivity index (χ1v) is 7.48. The first-order valence-electron chi connectivity index (χ1n) is 5.18. The summed E-state index contributed by atoms with van der Waals surface area (Å²) >= 11 is 1.06. The monoisotopic (exact) mass is 287 g/mol. The second-order valence-electron chi connectivity index (χ2n) is 3.73. The third kappa shape index (κ3) is 2.96. The minimum Gasteiger partial charge on any atom is -0.391 e. The van der Waals surface area contributed by atoms with Crippen LogP contribution in [0.25, 0.3) is 0 Å². The molecule has 0 atom stereocenters. The fraction of sp³-hybridized carbons (Fsp3) is 0.300. The van der Waals surface area contributed by atoms with Gasteiger partial charge in [-0.05, 0) is 12.1 Å². The fourth-order valence-electron chi connectivity index (χ4n) is 1.40. The Balaban J connectivity index is 2.07. The molecule has 18 heavy (non-hydrogen) atoms. The average molecular weight is 287 g/mol. The fourth-order valence-corrected chi connectivity index (χ4v) is 3.68. The van der Waals surface area contributed by atoms with Crippen LogP contribution in [0.3, 0.4) is 0 Å². The molecule has 0 saturated heterocycles. The van der Waals surface area contributed by atoms with Crippen LogP contribution in [0.4, 0.5) is 0 Å². The van der Waals surface area contributed by atoms with Crippen LogP contribution in [0, 0.1) is 0 Å². The van der Waals surface area contributed by atoms with Gasteiger partial charge in [0.1, 0.15) is 4.21 Å². The van der Waals surface area contributed by atoms with E-state index in [1.165, 1.54) is 6.07 Å². The molecular formula is C10H13N3O3S2. The molecule has 0 aliphatic carbocycles. The van der Waals surface area contributed by atoms with Crippen molar-refractivity contribution in [1.82, 2.24) is 14.5 Å². The van der Waals surface area contributed by atoms with E-state index in [1.54, 1.807) is 30.2 Å². The van der Waals surface area contributed by atoms with Crippen LogP contribution in [0.2, 0.25) is 0 Å². The molecule has 0 amide bonds. The molecule has 2 heterocycles. The standard InChI is InChI=1S/C10H13N3O3S2/c1-13-6-8(4-11-13)5-12-18(15,16)10-3-2-9(7-14)17-10/h2-4,6,12,14H,5,7H2,1H3. The number of nitrogens with zero attached hydrogens (tertiary/aromatic N) is 2. The van der Waals surface area contributed by atoms with E-state index in [1.807, 2.05) is 0 Å². The highest BCUT2D eigenvalue weighted by molar-refractivity contribution is 7.91. The number of sulfonamides is 1. The van der Waals surface area contributed by atoms with E-state index < -0.39 is 10.0 Å². The van der Waals surface area contributed by atoms with Gasteiger partial charge in [-0.15, -0.1) is 11.3 Å². The number of nitrogens with one attached hydrogen (secondary N) is 1. The Kier molecular flexibility index (Phi) is 3.81. The number of aliphatic hydroxyl groups excluding tert-OH is 1. The summed E-state index contributed by atoms with van der Waals surface area (Å²) in [5.74, 6) is 0. The van der Waals surface area contributed by atoms with Crippen molar-refractivity contribution in [2.75, 3.05) is 0 Å². The normalized spacial score (nSPS) is 11.9. The zero-order chi connectivity index (χ0) is 13.2. The molecule has 0 saturated carbocycles. The van der Waals surface area contributed by atoms with E-state index in [9.17, 15) is 8.42 Å². The van der Waals surface area contributed by atoms with Crippen LogP contribution in [0.1, 0.15) is 10.4 Å². The van der Waals surface area contributed by atoms with E-state index in [2.05, 4.69) is 9.82 Å². The highest BCUT2D eigenvalue weighted by Gasteiger charge is 2.16. The van der Waals surface area contributed by atoms with E-state index >= 15 is 0 Å². The summed E-state index contributed by atoms with van der Waals surface area (Å²) in [6.07, 6.45) is 3.35. The van der Waals surface area contributed by atoms with Crippen LogP contribution in [-0.4, -0.2) is 23.3 Å². The minimum atomic E-state index is -3.52. The summed E-state index contributed by atoms with van der Waals surface area (Å²) in [6.45, 7) is 0.0469. The Morgan fingerprint density at radius 1 is 1.50 bits per heavy atom. The molecule has 98 valence electrons. The number of aromatic nitrogens is 2. The number of thiophene rings is 1. The topological polar surface area (TPSA) is 84.2 Å². The molecule has 0 unspecified atom stereocenters. The van der Waals surface area contributed by atoms with Crippen LogP contribution >= 0.6 is 11.3 Å². The van der Waals surface area contributed by atoms with Gasteiger partial charge in [-0.25, -0.2) is 13.1 Å². The maximum Gasteiger partial charge on any atom is 0.250 e. The van der Waals surface area contributed by atoms with Crippen LogP contribution < -0.4 is 4.72 Å². The molecule has 2 N–H and O–H groups in total. The Hall–Kier alpha value is -1.22. The molecule has 8 heteroatoms. The number of hydrogen-bond acceptors (Lipinski definition) is 5. The van der Waals surface area contributed by atoms with Crippen LogP contribution in [0.15, 0.2) is 28.7 Å². The molecule has 6 nitrogen and oxygen atoms in total. The number of aryl methyl sites for hydroxylation is 1. The first kappa shape index (κ1) is 13.2. The largest absolute Gasteiger partial charge is 0.391 e. The maximum atomic E-state index is 11.9. The summed E-state index contributed by atoms with van der Waals surface area (Å²) in [5.41, 5.74) is 0.792. The predicted octanol–water partition coefficient (Wildman–Crippen LogP) is 0.452. The highest BCUT2D eigenvalue weighted by Crippen LogP contribution is 2.21. The number of rotatable bonds is 5. The van der Waals surface area contributed by atoms with Gasteiger partial charge < -0.3 is 5.11 Å². The molecule has 0 aromatic carbocycles. The van der Waals surface area contributed by atoms with Crippen molar-refractivity contribution in [2.24, 2.45) is 7.05 Å². The molecule has 0 spiro atoms. The van der Waals surface area contributed by atoms with Crippen LogP contribution in [0.5, 0.6) is 0 Å². The zero-order valence-electron chi connectivity index (χ0n) is 9.70. The van der Waals surface area contributed by atoms with Crippen LogP contribution in [-0.2, 0) is 30.2 Å². The van der Waals surface area contributed by atoms with Gasteiger partial charge in [0.2, 0.25) is 10.0 Å². The maximum absolute atomic E-state index is 11.9. The molecule has 0 fully saturated rings. The predicted molar refractivity (Wildman–Crippen MR) is 67.5 cm³/mol. The number of hydrogen-bond donors (Lipinski definition) is 2. The summed E-state index contributed by atoms with van der Waals surface area (Å²) in [6, 6.07) is 3.09. The first-order chi connectivity index (χ1) is 8.51. The lowest BCUT2D eigenvalue weighted by Crippen LogP contribution is -2.22. The Morgan fingerprint density at radius 2 is 2.28 bits per heavy atom. The van der Waals surface area contributed by atoms with Gasteiger partial charge in [0, 0.05) is 30.2 Å². The third-order valence-electron chi connectivity index (χ3n) is 2.28. The van der Waals surface area contributed by atoms with E-state index in [0.29, 0.717) is 4.88 Å². The SMILES string of the molecule is Cn1cc(CNS(=O)(=O)c2ccc(CO)s2)cn1. The van der Waals surface area contributed by atoms with Crippen molar-refractivity contribution in [3.8, 4) is 0 Å². The summed E-state index contributed by atoms with van der Waals surface area (Å²) in [4.78, 5) is 0.622. The lowest BCUT2D eigenvalue weighted by atomic mass is 10.4. The van der Waals surface area contributed by atoms with E-state index in [0.717, 1.165) is 16.9 Å². The molecular weight excluding hydrogens is 274 g/mol. The van der Waals surface area contributed by atoms with Crippen molar-refractivity contribution < 1.29 is 13.5 Å². The van der Waals surface area contributed by atoms with Gasteiger partial charge in [-0.1, -0.05) is 0 Å². The summed E-state index contributed by atoms with van der Waals surface area (Å²) in [7, 11) is -1.75. The van der Waals surface area contributed by atoms with Gasteiger partial charge in [0.15, 0.2) is 0 Å². The quantitative estimate of drug-likeness (QED) is 0.836. The van der Waals surface area contributed by atoms with Gasteiger partial charge in [-0.2, -0.15) is 5.10 Å². The number of aliphatic hydroxyl groups is 1. The van der Waals surface area contributed by atoms with Crippen molar-refractivity contribution in [1.29, 1.82) is 0 Å². The van der Waals surface area contributed by atoms with E-state index in [4.69, 9.17) is 5.11 Å². The third-order valence-corrected chi connectivity index (χ3v) is 5.25. The second kappa shape index (κ2) is 5.19. The minimum absolute atomic E-state index is 0.150. The smallest absolute Gasteiger partial charge is 0.250 e. The average Bonchev–Trinajstić information content (AvgIpc) is 2.95. The van der Waals surface area contributed by atoms with Gasteiger partial charge in [-0.3, -0.25) is 4.68 Å².